The summed E-state index contributed by atoms with van der Waals surface area (Å²) >= 11 is 0. The predicted molar refractivity (Wildman–Crippen MR) is 85.4 cm³/mol. The van der Waals surface area contributed by atoms with Crippen molar-refractivity contribution in [3.8, 4) is 0 Å². The summed E-state index contributed by atoms with van der Waals surface area (Å²) in [6, 6.07) is 0.348. The Morgan fingerprint density at radius 2 is 1.60 bits per heavy atom. The molecule has 20 heavy (non-hydrogen) atoms. The van der Waals surface area contributed by atoms with Crippen LogP contribution in [0.4, 0.5) is 0 Å². The van der Waals surface area contributed by atoms with Gasteiger partial charge in [-0.25, -0.2) is 0 Å². The van der Waals surface area contributed by atoms with Gasteiger partial charge in [-0.05, 0) is 43.9 Å². The van der Waals surface area contributed by atoms with E-state index >= 15 is 0 Å². The highest BCUT2D eigenvalue weighted by Gasteiger charge is 2.37. The largest absolute Gasteiger partial charge is 0.353 e. The van der Waals surface area contributed by atoms with Crippen molar-refractivity contribution < 1.29 is 4.79 Å². The summed E-state index contributed by atoms with van der Waals surface area (Å²) in [4.78, 5) is 12.8. The second kappa shape index (κ2) is 8.02. The Bertz CT molecular complexity index is 287. The molecule has 0 aromatic heterocycles. The summed E-state index contributed by atoms with van der Waals surface area (Å²) in [5.74, 6) is 1.64. The van der Waals surface area contributed by atoms with E-state index in [1.165, 1.54) is 6.42 Å². The molecule has 0 aromatic rings. The van der Waals surface area contributed by atoms with Crippen molar-refractivity contribution in [3.63, 3.8) is 0 Å². The molecule has 3 nitrogen and oxygen atoms in total. The average molecular weight is 282 g/mol. The van der Waals surface area contributed by atoms with Gasteiger partial charge in [0, 0.05) is 12.6 Å². The van der Waals surface area contributed by atoms with E-state index in [-0.39, 0.29) is 11.3 Å². The van der Waals surface area contributed by atoms with Gasteiger partial charge in [0.15, 0.2) is 0 Å². The van der Waals surface area contributed by atoms with Crippen LogP contribution in [-0.4, -0.2) is 18.5 Å². The van der Waals surface area contributed by atoms with Gasteiger partial charge in [-0.2, -0.15) is 0 Å². The molecule has 0 spiro atoms. The Kier molecular flexibility index (Phi) is 7.01. The number of amides is 1. The number of nitrogens with one attached hydrogen (secondary N) is 1. The lowest BCUT2D eigenvalue weighted by Gasteiger charge is -2.36. The summed E-state index contributed by atoms with van der Waals surface area (Å²) in [5.41, 5.74) is 5.64. The van der Waals surface area contributed by atoms with Crippen LogP contribution in [0.15, 0.2) is 0 Å². The molecule has 1 saturated carbocycles. The third kappa shape index (κ3) is 4.47. The zero-order chi connectivity index (χ0) is 15.2. The summed E-state index contributed by atoms with van der Waals surface area (Å²) in [7, 11) is 0. The van der Waals surface area contributed by atoms with Crippen molar-refractivity contribution in [1.82, 2.24) is 5.32 Å². The van der Waals surface area contributed by atoms with E-state index in [0.29, 0.717) is 24.4 Å². The maximum absolute atomic E-state index is 12.8. The lowest BCUT2D eigenvalue weighted by molar-refractivity contribution is -0.132. The highest BCUT2D eigenvalue weighted by atomic mass is 16.2. The minimum absolute atomic E-state index is 0.204. The van der Waals surface area contributed by atoms with E-state index in [0.717, 1.165) is 38.5 Å². The van der Waals surface area contributed by atoms with E-state index in [2.05, 4.69) is 33.0 Å². The smallest absolute Gasteiger partial charge is 0.227 e. The molecule has 0 heterocycles. The SMILES string of the molecule is CCCC(CN)(CCC)C(=O)NC1CC(C)CC(C)C1. The van der Waals surface area contributed by atoms with Crippen LogP contribution in [0.2, 0.25) is 0 Å². The third-order valence-electron chi connectivity index (χ3n) is 4.84. The first-order chi connectivity index (χ1) is 9.47. The summed E-state index contributed by atoms with van der Waals surface area (Å²) in [6.07, 6.45) is 7.37. The molecule has 0 bridgehead atoms. The third-order valence-corrected chi connectivity index (χ3v) is 4.84. The minimum atomic E-state index is -0.340. The van der Waals surface area contributed by atoms with E-state index in [1.807, 2.05) is 0 Å². The molecule has 1 aliphatic carbocycles. The highest BCUT2D eigenvalue weighted by molar-refractivity contribution is 5.83. The minimum Gasteiger partial charge on any atom is -0.353 e. The van der Waals surface area contributed by atoms with Gasteiger partial charge in [0.25, 0.3) is 0 Å². The van der Waals surface area contributed by atoms with Crippen LogP contribution in [-0.2, 0) is 4.79 Å². The molecule has 1 amide bonds. The fourth-order valence-electron chi connectivity index (χ4n) is 4.01. The number of hydrogen-bond donors (Lipinski definition) is 2. The monoisotopic (exact) mass is 282 g/mol. The number of carbonyl (C=O) groups is 1. The van der Waals surface area contributed by atoms with Crippen LogP contribution in [0.3, 0.4) is 0 Å². The second-order valence-corrected chi connectivity index (χ2v) is 7.07. The van der Waals surface area contributed by atoms with Gasteiger partial charge in [-0.1, -0.05) is 40.5 Å². The van der Waals surface area contributed by atoms with Crippen LogP contribution in [0, 0.1) is 17.3 Å². The van der Waals surface area contributed by atoms with E-state index in [4.69, 9.17) is 5.73 Å². The van der Waals surface area contributed by atoms with Gasteiger partial charge in [-0.3, -0.25) is 4.79 Å². The molecule has 1 rings (SSSR count). The molecular weight excluding hydrogens is 248 g/mol. The fraction of sp³-hybridized carbons (Fsp3) is 0.941. The first-order valence-corrected chi connectivity index (χ1v) is 8.48. The standard InChI is InChI=1S/C17H34N2O/c1-5-7-17(12-18,8-6-2)16(20)19-15-10-13(3)9-14(4)11-15/h13-15H,5-12,18H2,1-4H3,(H,19,20). The van der Waals surface area contributed by atoms with Gasteiger partial charge in [0.2, 0.25) is 5.91 Å². The zero-order valence-electron chi connectivity index (χ0n) is 13.9. The number of carbonyl (C=O) groups excluding carboxylic acids is 1. The van der Waals surface area contributed by atoms with Crippen LogP contribution in [0.25, 0.3) is 0 Å². The van der Waals surface area contributed by atoms with Gasteiger partial charge in [0.1, 0.15) is 0 Å². The first-order valence-electron chi connectivity index (χ1n) is 8.48. The van der Waals surface area contributed by atoms with E-state index in [1.54, 1.807) is 0 Å². The maximum atomic E-state index is 12.8. The van der Waals surface area contributed by atoms with Crippen molar-refractivity contribution in [3.05, 3.63) is 0 Å². The molecular formula is C17H34N2O. The summed E-state index contributed by atoms with van der Waals surface area (Å²) in [5, 5.41) is 3.32. The van der Waals surface area contributed by atoms with Gasteiger partial charge < -0.3 is 11.1 Å². The van der Waals surface area contributed by atoms with Crippen molar-refractivity contribution in [2.75, 3.05) is 6.54 Å². The van der Waals surface area contributed by atoms with Crippen molar-refractivity contribution in [1.29, 1.82) is 0 Å². The highest BCUT2D eigenvalue weighted by Crippen LogP contribution is 2.32. The van der Waals surface area contributed by atoms with Gasteiger partial charge in [-0.15, -0.1) is 0 Å². The van der Waals surface area contributed by atoms with Crippen LogP contribution in [0.5, 0.6) is 0 Å². The molecule has 2 atom stereocenters. The fourth-order valence-corrected chi connectivity index (χ4v) is 4.01. The molecule has 1 fully saturated rings. The molecule has 0 aliphatic heterocycles. The Balaban J connectivity index is 2.69. The Morgan fingerprint density at radius 1 is 1.10 bits per heavy atom. The number of nitrogens with two attached hydrogens (primary N) is 1. The predicted octanol–water partition coefficient (Wildman–Crippen LogP) is 3.47. The van der Waals surface area contributed by atoms with Crippen molar-refractivity contribution >= 4 is 5.91 Å². The van der Waals surface area contributed by atoms with Crippen molar-refractivity contribution in [2.45, 2.75) is 78.7 Å². The molecule has 118 valence electrons. The molecule has 2 unspecified atom stereocenters. The van der Waals surface area contributed by atoms with E-state index < -0.39 is 0 Å². The lowest BCUT2D eigenvalue weighted by atomic mass is 9.76. The summed E-state index contributed by atoms with van der Waals surface area (Å²) < 4.78 is 0. The first kappa shape index (κ1) is 17.5. The van der Waals surface area contributed by atoms with Gasteiger partial charge in [0.05, 0.1) is 5.41 Å². The Hall–Kier alpha value is -0.570. The average Bonchev–Trinajstić information content (AvgIpc) is 2.36. The molecule has 1 aliphatic rings. The van der Waals surface area contributed by atoms with Crippen LogP contribution in [0.1, 0.15) is 72.6 Å². The van der Waals surface area contributed by atoms with Crippen molar-refractivity contribution in [2.24, 2.45) is 23.0 Å². The lowest BCUT2D eigenvalue weighted by Crippen LogP contribution is -2.50. The second-order valence-electron chi connectivity index (χ2n) is 7.07. The molecule has 3 heteroatoms. The number of rotatable bonds is 7. The normalized spacial score (nSPS) is 27.4. The Labute approximate surface area is 125 Å². The van der Waals surface area contributed by atoms with Gasteiger partial charge >= 0.3 is 0 Å². The van der Waals surface area contributed by atoms with E-state index in [9.17, 15) is 4.79 Å². The number of hydrogen-bond acceptors (Lipinski definition) is 2. The quantitative estimate of drug-likeness (QED) is 0.751. The molecule has 0 radical (unpaired) electrons. The molecule has 3 N–H and O–H groups in total. The topological polar surface area (TPSA) is 55.1 Å². The maximum Gasteiger partial charge on any atom is 0.227 e. The molecule has 0 saturated heterocycles. The van der Waals surface area contributed by atoms with Crippen LogP contribution < -0.4 is 11.1 Å². The zero-order valence-corrected chi connectivity index (χ0v) is 13.9. The van der Waals surface area contributed by atoms with Crippen LogP contribution >= 0.6 is 0 Å². The Morgan fingerprint density at radius 3 is 2.00 bits per heavy atom. The summed E-state index contributed by atoms with van der Waals surface area (Å²) in [6.45, 7) is 9.33. The molecule has 0 aromatic carbocycles.